The summed E-state index contributed by atoms with van der Waals surface area (Å²) in [5.41, 5.74) is 9.84. The number of ketones is 2. The maximum atomic E-state index is 13.4. The second kappa shape index (κ2) is 8.19. The van der Waals surface area contributed by atoms with Crippen LogP contribution in [0.5, 0.6) is 11.5 Å². The van der Waals surface area contributed by atoms with Crippen molar-refractivity contribution in [3.05, 3.63) is 45.2 Å². The molecule has 4 aliphatic rings. The highest BCUT2D eigenvalue weighted by atomic mass is 16.5. The molecular formula is C26H30N4O5. The number of methoxy groups -OCH3 is 2. The van der Waals surface area contributed by atoms with E-state index in [1.165, 1.54) is 14.2 Å². The Kier molecular flexibility index (Phi) is 5.51. The first kappa shape index (κ1) is 23.5. The van der Waals surface area contributed by atoms with Gasteiger partial charge in [0.2, 0.25) is 5.78 Å². The molecule has 3 heterocycles. The maximum absolute atomic E-state index is 13.4. The molecule has 1 aliphatic carbocycles. The molecule has 1 aromatic rings. The van der Waals surface area contributed by atoms with Crippen LogP contribution in [0.3, 0.4) is 0 Å². The van der Waals surface area contributed by atoms with Crippen molar-refractivity contribution in [2.75, 3.05) is 27.8 Å². The Bertz CT molecular complexity index is 1260. The van der Waals surface area contributed by atoms with Crippen molar-refractivity contribution in [1.29, 1.82) is 5.26 Å². The maximum Gasteiger partial charge on any atom is 0.225 e. The van der Waals surface area contributed by atoms with Crippen LogP contribution in [0.15, 0.2) is 28.5 Å². The van der Waals surface area contributed by atoms with Gasteiger partial charge in [0.25, 0.3) is 0 Å². The molecule has 5 rings (SSSR count). The molecule has 9 nitrogen and oxygen atoms in total. The van der Waals surface area contributed by atoms with Gasteiger partial charge in [-0.3, -0.25) is 19.4 Å². The average molecular weight is 479 g/mol. The lowest BCUT2D eigenvalue weighted by molar-refractivity contribution is -0.122. The Balaban J connectivity index is 1.74. The van der Waals surface area contributed by atoms with Crippen molar-refractivity contribution in [3.63, 3.8) is 0 Å². The summed E-state index contributed by atoms with van der Waals surface area (Å²) in [6.45, 7) is 3.56. The van der Waals surface area contributed by atoms with E-state index < -0.39 is 12.1 Å². The number of nitrogens with two attached hydrogens (primary N) is 1. The van der Waals surface area contributed by atoms with Crippen LogP contribution in [0, 0.1) is 18.3 Å². The van der Waals surface area contributed by atoms with Crippen LogP contribution in [0.2, 0.25) is 0 Å². The molecule has 0 amide bonds. The van der Waals surface area contributed by atoms with E-state index in [4.69, 9.17) is 15.2 Å². The third-order valence-electron chi connectivity index (χ3n) is 8.29. The lowest BCUT2D eigenvalue weighted by Gasteiger charge is -2.60. The molecule has 3 N–H and O–H groups in total. The van der Waals surface area contributed by atoms with E-state index >= 15 is 0 Å². The van der Waals surface area contributed by atoms with Crippen LogP contribution >= 0.6 is 0 Å². The molecule has 3 aliphatic heterocycles. The molecule has 35 heavy (non-hydrogen) atoms. The van der Waals surface area contributed by atoms with Crippen LogP contribution in [-0.2, 0) is 20.7 Å². The van der Waals surface area contributed by atoms with Gasteiger partial charge in [0, 0.05) is 40.9 Å². The number of rotatable bonds is 3. The van der Waals surface area contributed by atoms with E-state index in [1.807, 2.05) is 24.9 Å². The van der Waals surface area contributed by atoms with Crippen molar-refractivity contribution in [2.45, 2.75) is 56.9 Å². The quantitative estimate of drug-likeness (QED) is 0.617. The number of hydrogen-bond donors (Lipinski definition) is 2. The highest BCUT2D eigenvalue weighted by molar-refractivity contribution is 6.25. The number of ether oxygens (including phenoxy) is 2. The van der Waals surface area contributed by atoms with Crippen molar-refractivity contribution in [1.82, 2.24) is 9.80 Å². The van der Waals surface area contributed by atoms with Gasteiger partial charge >= 0.3 is 0 Å². The molecule has 3 unspecified atom stereocenters. The molecule has 9 heteroatoms. The summed E-state index contributed by atoms with van der Waals surface area (Å²) < 4.78 is 10.8. The van der Waals surface area contributed by atoms with Crippen LogP contribution in [0.25, 0.3) is 0 Å². The standard InChI is InChI=1S/C26H30N4O5/c1-11-6-13-7-15-17(9-27)30-16(21(29(15)3)19(13)23(32)25(11)34-4)8-14-20(18(30)10-28)24(33)26(35-5)12(2)22(14)31/h6,15-18,21,32H,7-8,10,28H2,1-5H3/t15?,16-,17-,18?,21?/m0/s1. The van der Waals surface area contributed by atoms with E-state index in [-0.39, 0.29) is 59.7 Å². The van der Waals surface area contributed by atoms with Gasteiger partial charge in [0.1, 0.15) is 6.04 Å². The van der Waals surface area contributed by atoms with E-state index in [0.717, 1.165) is 16.7 Å². The first-order valence-corrected chi connectivity index (χ1v) is 11.8. The second-order valence-electron chi connectivity index (χ2n) is 9.78. The minimum Gasteiger partial charge on any atom is -0.504 e. The van der Waals surface area contributed by atoms with Crippen LogP contribution in [0.1, 0.15) is 36.1 Å². The van der Waals surface area contributed by atoms with Gasteiger partial charge in [0.05, 0.1) is 32.4 Å². The summed E-state index contributed by atoms with van der Waals surface area (Å²) in [4.78, 5) is 31.0. The molecule has 0 aromatic heterocycles. The lowest BCUT2D eigenvalue weighted by Crippen LogP contribution is -2.71. The third-order valence-corrected chi connectivity index (χ3v) is 8.29. The molecule has 184 valence electrons. The van der Waals surface area contributed by atoms with E-state index in [9.17, 15) is 20.0 Å². The van der Waals surface area contributed by atoms with Crippen LogP contribution < -0.4 is 10.5 Å². The smallest absolute Gasteiger partial charge is 0.225 e. The Morgan fingerprint density at radius 1 is 1.17 bits per heavy atom. The van der Waals surface area contributed by atoms with E-state index in [1.54, 1.807) is 6.92 Å². The summed E-state index contributed by atoms with van der Waals surface area (Å²) in [5.74, 6) is -0.0230. The number of carbonyl (C=O) groups excluding carboxylic acids is 2. The van der Waals surface area contributed by atoms with Crippen molar-refractivity contribution >= 4 is 11.6 Å². The first-order chi connectivity index (χ1) is 16.7. The van der Waals surface area contributed by atoms with Crippen LogP contribution in [0.4, 0.5) is 0 Å². The minimum atomic E-state index is -0.613. The molecule has 1 fully saturated rings. The van der Waals surface area contributed by atoms with Gasteiger partial charge in [-0.2, -0.15) is 5.26 Å². The van der Waals surface area contributed by atoms with Crippen molar-refractivity contribution < 1.29 is 24.2 Å². The Hall–Kier alpha value is -3.19. The van der Waals surface area contributed by atoms with Gasteiger partial charge in [-0.05, 0) is 44.9 Å². The fourth-order valence-corrected chi connectivity index (χ4v) is 6.84. The summed E-state index contributed by atoms with van der Waals surface area (Å²) in [6, 6.07) is 2.48. The van der Waals surface area contributed by atoms with Gasteiger partial charge < -0.3 is 20.3 Å². The fraction of sp³-hybridized carbons (Fsp3) is 0.500. The summed E-state index contributed by atoms with van der Waals surface area (Å²) in [5, 5.41) is 21.6. The first-order valence-electron chi connectivity index (χ1n) is 11.8. The largest absolute Gasteiger partial charge is 0.504 e. The molecule has 0 saturated carbocycles. The number of allylic oxidation sites excluding steroid dienone is 2. The van der Waals surface area contributed by atoms with E-state index in [2.05, 4.69) is 11.0 Å². The number of nitrogens with zero attached hydrogens (tertiary/aromatic N) is 3. The number of phenols is 1. The van der Waals surface area contributed by atoms with Gasteiger partial charge in [0.15, 0.2) is 23.0 Å². The number of aromatic hydroxyl groups is 1. The predicted octanol–water partition coefficient (Wildman–Crippen LogP) is 1.28. The van der Waals surface area contributed by atoms with E-state index in [0.29, 0.717) is 23.3 Å². The summed E-state index contributed by atoms with van der Waals surface area (Å²) in [7, 11) is 4.86. The summed E-state index contributed by atoms with van der Waals surface area (Å²) >= 11 is 0. The number of piperazine rings is 1. The average Bonchev–Trinajstić information content (AvgIpc) is 2.83. The number of phenolic OH excluding ortho intramolecular Hbond substituents is 1. The summed E-state index contributed by atoms with van der Waals surface area (Å²) in [6.07, 6.45) is 0.820. The number of aryl methyl sites for hydroxylation is 1. The molecular weight excluding hydrogens is 448 g/mol. The highest BCUT2D eigenvalue weighted by Gasteiger charge is 2.57. The zero-order chi connectivity index (χ0) is 25.3. The molecule has 2 bridgehead atoms. The zero-order valence-electron chi connectivity index (χ0n) is 20.6. The normalized spacial score (nSPS) is 30.5. The highest BCUT2D eigenvalue weighted by Crippen LogP contribution is 2.53. The lowest BCUT2D eigenvalue weighted by atomic mass is 9.69. The third kappa shape index (κ3) is 2.97. The molecule has 5 atom stereocenters. The number of fused-ring (bicyclic) bond motifs is 6. The monoisotopic (exact) mass is 478 g/mol. The molecule has 1 saturated heterocycles. The molecule has 0 radical (unpaired) electrons. The SMILES string of the molecule is COC1=C(C)C(=O)C2=C(C1=O)C(CN)N1[C@@H](C#N)C3Cc4cc(C)c(OC)c(O)c4C([C@@H]1C2)N3C. The van der Waals surface area contributed by atoms with Gasteiger partial charge in [-0.15, -0.1) is 0 Å². The predicted molar refractivity (Wildman–Crippen MR) is 127 cm³/mol. The number of benzene rings is 1. The van der Waals surface area contributed by atoms with Crippen molar-refractivity contribution in [2.24, 2.45) is 5.73 Å². The second-order valence-corrected chi connectivity index (χ2v) is 9.78. The number of Topliss-reactive ketones (excluding diaryl/α,β-unsaturated/α-hetero) is 2. The van der Waals surface area contributed by atoms with Crippen molar-refractivity contribution in [3.8, 4) is 17.6 Å². The Labute approximate surface area is 204 Å². The minimum absolute atomic E-state index is 0.0386. The Morgan fingerprint density at radius 2 is 1.89 bits per heavy atom. The number of hydrogen-bond acceptors (Lipinski definition) is 9. The molecule has 1 aromatic carbocycles. The number of likely N-dealkylation sites (N-methyl/N-ethyl adjacent to an activating group) is 1. The fourth-order valence-electron chi connectivity index (χ4n) is 6.84. The van der Waals surface area contributed by atoms with Crippen LogP contribution in [-0.4, -0.2) is 78.5 Å². The topological polar surface area (TPSA) is 129 Å². The van der Waals surface area contributed by atoms with Gasteiger partial charge in [-0.1, -0.05) is 6.07 Å². The Morgan fingerprint density at radius 3 is 2.49 bits per heavy atom. The zero-order valence-corrected chi connectivity index (χ0v) is 20.6. The number of carbonyl (C=O) groups is 2. The molecule has 0 spiro atoms. The number of nitriles is 1. The van der Waals surface area contributed by atoms with Gasteiger partial charge in [-0.25, -0.2) is 0 Å².